The molecule has 1 unspecified atom stereocenters. The van der Waals surface area contributed by atoms with Crippen LogP contribution in [0.2, 0.25) is 0 Å². The summed E-state index contributed by atoms with van der Waals surface area (Å²) in [5.74, 6) is 0.701. The molecule has 96 valence electrons. The number of aliphatic hydroxyl groups excluding tert-OH is 1. The lowest BCUT2D eigenvalue weighted by atomic mass is 10.1. The van der Waals surface area contributed by atoms with Crippen molar-refractivity contribution < 1.29 is 9.84 Å². The number of nitrogens with zero attached hydrogens (tertiary/aromatic N) is 1. The molecule has 0 aliphatic carbocycles. The molecule has 1 atom stereocenters. The second kappa shape index (κ2) is 7.25. The highest BCUT2D eigenvalue weighted by Crippen LogP contribution is 2.18. The van der Waals surface area contributed by atoms with Crippen LogP contribution < -0.4 is 10.1 Å². The van der Waals surface area contributed by atoms with E-state index >= 15 is 0 Å². The molecule has 4 nitrogen and oxygen atoms in total. The zero-order chi connectivity index (χ0) is 12.7. The summed E-state index contributed by atoms with van der Waals surface area (Å²) in [4.78, 5) is 4.07. The molecule has 1 aromatic rings. The normalized spacial score (nSPS) is 12.8. The van der Waals surface area contributed by atoms with Gasteiger partial charge in [-0.3, -0.25) is 4.98 Å². The van der Waals surface area contributed by atoms with E-state index < -0.39 is 6.10 Å². The van der Waals surface area contributed by atoms with Crippen molar-refractivity contribution in [3.8, 4) is 5.75 Å². The van der Waals surface area contributed by atoms with Gasteiger partial charge in [0.2, 0.25) is 0 Å². The molecular weight excluding hydrogens is 216 g/mol. The highest BCUT2D eigenvalue weighted by molar-refractivity contribution is 5.25. The summed E-state index contributed by atoms with van der Waals surface area (Å²) >= 11 is 0. The van der Waals surface area contributed by atoms with Gasteiger partial charge in [0.25, 0.3) is 0 Å². The lowest BCUT2D eigenvalue weighted by Gasteiger charge is -2.14. The molecule has 0 saturated heterocycles. The van der Waals surface area contributed by atoms with E-state index in [9.17, 15) is 5.11 Å². The molecule has 0 aliphatic heterocycles. The van der Waals surface area contributed by atoms with Crippen molar-refractivity contribution in [2.75, 3.05) is 13.1 Å². The number of aliphatic hydroxyl groups is 1. The Morgan fingerprint density at radius 1 is 1.41 bits per heavy atom. The maximum Gasteiger partial charge on any atom is 0.138 e. The largest absolute Gasteiger partial charge is 0.489 e. The van der Waals surface area contributed by atoms with E-state index in [1.165, 1.54) is 0 Å². The Balaban J connectivity index is 2.57. The summed E-state index contributed by atoms with van der Waals surface area (Å²) in [6.45, 7) is 7.48. The number of rotatable bonds is 7. The predicted molar refractivity (Wildman–Crippen MR) is 68.1 cm³/mol. The fourth-order valence-corrected chi connectivity index (χ4v) is 1.49. The molecule has 1 heterocycles. The van der Waals surface area contributed by atoms with Crippen molar-refractivity contribution in [1.29, 1.82) is 0 Å². The van der Waals surface area contributed by atoms with E-state index in [1.54, 1.807) is 12.4 Å². The minimum Gasteiger partial charge on any atom is -0.489 e. The van der Waals surface area contributed by atoms with Crippen LogP contribution in [-0.2, 0) is 0 Å². The van der Waals surface area contributed by atoms with Gasteiger partial charge in [-0.1, -0.05) is 6.92 Å². The van der Waals surface area contributed by atoms with E-state index in [0.717, 1.165) is 18.5 Å². The Morgan fingerprint density at radius 3 is 2.82 bits per heavy atom. The number of aromatic nitrogens is 1. The summed E-state index contributed by atoms with van der Waals surface area (Å²) in [6.07, 6.45) is 3.97. The van der Waals surface area contributed by atoms with Crippen LogP contribution in [0.3, 0.4) is 0 Å². The average Bonchev–Trinajstić information content (AvgIpc) is 2.28. The lowest BCUT2D eigenvalue weighted by molar-refractivity contribution is 0.173. The van der Waals surface area contributed by atoms with E-state index in [1.807, 2.05) is 19.9 Å². The third-order valence-corrected chi connectivity index (χ3v) is 2.26. The fourth-order valence-electron chi connectivity index (χ4n) is 1.49. The Labute approximate surface area is 103 Å². The summed E-state index contributed by atoms with van der Waals surface area (Å²) in [5, 5.41) is 13.1. The van der Waals surface area contributed by atoms with E-state index in [-0.39, 0.29) is 6.10 Å². The van der Waals surface area contributed by atoms with Crippen molar-refractivity contribution in [3.05, 3.63) is 24.0 Å². The molecule has 0 aliphatic rings. The van der Waals surface area contributed by atoms with Crippen LogP contribution in [0, 0.1) is 0 Å². The van der Waals surface area contributed by atoms with Crippen molar-refractivity contribution >= 4 is 0 Å². The molecule has 1 rings (SSSR count). The Morgan fingerprint density at radius 2 is 2.18 bits per heavy atom. The first-order valence-electron chi connectivity index (χ1n) is 6.13. The number of ether oxygens (including phenoxy) is 1. The summed E-state index contributed by atoms with van der Waals surface area (Å²) in [5.41, 5.74) is 0.784. The highest BCUT2D eigenvalue weighted by atomic mass is 16.5. The molecule has 0 amide bonds. The minimum atomic E-state index is -0.537. The molecule has 17 heavy (non-hydrogen) atoms. The molecule has 0 bridgehead atoms. The van der Waals surface area contributed by atoms with Crippen LogP contribution in [0.15, 0.2) is 18.5 Å². The number of nitrogens with one attached hydrogen (secondary N) is 1. The Hall–Kier alpha value is -1.13. The topological polar surface area (TPSA) is 54.4 Å². The van der Waals surface area contributed by atoms with Crippen molar-refractivity contribution in [2.24, 2.45) is 0 Å². The van der Waals surface area contributed by atoms with Gasteiger partial charge in [0.15, 0.2) is 0 Å². The second-order valence-electron chi connectivity index (χ2n) is 4.34. The maximum absolute atomic E-state index is 9.95. The molecule has 0 radical (unpaired) electrons. The average molecular weight is 238 g/mol. The van der Waals surface area contributed by atoms with Crippen LogP contribution in [0.4, 0.5) is 0 Å². The highest BCUT2D eigenvalue weighted by Gasteiger charge is 2.09. The Kier molecular flexibility index (Phi) is 5.94. The quantitative estimate of drug-likeness (QED) is 0.712. The van der Waals surface area contributed by atoms with Crippen molar-refractivity contribution in [2.45, 2.75) is 39.4 Å². The van der Waals surface area contributed by atoms with Gasteiger partial charge in [0.05, 0.1) is 18.4 Å². The van der Waals surface area contributed by atoms with Crippen molar-refractivity contribution in [3.63, 3.8) is 0 Å². The minimum absolute atomic E-state index is 0.113. The zero-order valence-corrected chi connectivity index (χ0v) is 10.8. The molecule has 0 aromatic carbocycles. The Bertz CT molecular complexity index is 329. The van der Waals surface area contributed by atoms with Crippen LogP contribution in [-0.4, -0.2) is 29.3 Å². The number of pyridine rings is 1. The standard InChI is InChI=1S/C13H22N2O2/c1-4-5-14-9-13(16)11-6-12(8-15-7-11)17-10(2)3/h6-8,10,13-14,16H,4-5,9H2,1-3H3. The van der Waals surface area contributed by atoms with Gasteiger partial charge in [-0.15, -0.1) is 0 Å². The van der Waals surface area contributed by atoms with Gasteiger partial charge in [-0.2, -0.15) is 0 Å². The predicted octanol–water partition coefficient (Wildman–Crippen LogP) is 1.90. The van der Waals surface area contributed by atoms with Gasteiger partial charge in [-0.25, -0.2) is 0 Å². The third-order valence-electron chi connectivity index (χ3n) is 2.26. The van der Waals surface area contributed by atoms with E-state index in [0.29, 0.717) is 12.3 Å². The molecule has 4 heteroatoms. The third kappa shape index (κ3) is 5.15. The number of hydrogen-bond acceptors (Lipinski definition) is 4. The molecular formula is C13H22N2O2. The number of hydrogen-bond donors (Lipinski definition) is 2. The van der Waals surface area contributed by atoms with Gasteiger partial charge in [-0.05, 0) is 32.9 Å². The van der Waals surface area contributed by atoms with Gasteiger partial charge >= 0.3 is 0 Å². The summed E-state index contributed by atoms with van der Waals surface area (Å²) < 4.78 is 5.54. The van der Waals surface area contributed by atoms with Crippen LogP contribution in [0.5, 0.6) is 5.75 Å². The first-order chi connectivity index (χ1) is 8.13. The molecule has 0 spiro atoms. The smallest absolute Gasteiger partial charge is 0.138 e. The first-order valence-corrected chi connectivity index (χ1v) is 6.13. The zero-order valence-electron chi connectivity index (χ0n) is 10.8. The molecule has 2 N–H and O–H groups in total. The van der Waals surface area contributed by atoms with E-state index in [4.69, 9.17) is 4.74 Å². The SMILES string of the molecule is CCCNCC(O)c1cncc(OC(C)C)c1. The van der Waals surface area contributed by atoms with Gasteiger partial charge in [0, 0.05) is 18.3 Å². The van der Waals surface area contributed by atoms with Crippen LogP contribution in [0.1, 0.15) is 38.9 Å². The van der Waals surface area contributed by atoms with Crippen LogP contribution >= 0.6 is 0 Å². The maximum atomic E-state index is 9.95. The monoisotopic (exact) mass is 238 g/mol. The summed E-state index contributed by atoms with van der Waals surface area (Å²) in [6, 6.07) is 1.84. The first kappa shape index (κ1) is 13.9. The van der Waals surface area contributed by atoms with Crippen molar-refractivity contribution in [1.82, 2.24) is 10.3 Å². The fraction of sp³-hybridized carbons (Fsp3) is 0.615. The second-order valence-corrected chi connectivity index (χ2v) is 4.34. The van der Waals surface area contributed by atoms with Gasteiger partial charge < -0.3 is 15.2 Å². The lowest BCUT2D eigenvalue weighted by Crippen LogP contribution is -2.22. The summed E-state index contributed by atoms with van der Waals surface area (Å²) in [7, 11) is 0. The molecule has 0 fully saturated rings. The molecule has 1 aromatic heterocycles. The van der Waals surface area contributed by atoms with Crippen LogP contribution in [0.25, 0.3) is 0 Å². The molecule has 0 saturated carbocycles. The van der Waals surface area contributed by atoms with E-state index in [2.05, 4.69) is 17.2 Å². The van der Waals surface area contributed by atoms with Gasteiger partial charge in [0.1, 0.15) is 5.75 Å².